The lowest BCUT2D eigenvalue weighted by molar-refractivity contribution is -0.129. The number of aryl methyl sites for hydroxylation is 1. The third-order valence-electron chi connectivity index (χ3n) is 4.67. The molecule has 0 aliphatic carbocycles. The molecule has 1 unspecified atom stereocenters. The lowest BCUT2D eigenvalue weighted by Gasteiger charge is -2.14. The summed E-state index contributed by atoms with van der Waals surface area (Å²) in [7, 11) is 3.11. The quantitative estimate of drug-likeness (QED) is 0.598. The van der Waals surface area contributed by atoms with Gasteiger partial charge in [0.1, 0.15) is 0 Å². The minimum atomic E-state index is -0.935. The van der Waals surface area contributed by atoms with Crippen LogP contribution in [0.5, 0.6) is 11.5 Å². The van der Waals surface area contributed by atoms with Gasteiger partial charge < -0.3 is 24.5 Å². The molecular formula is C22H24N2O5. The lowest BCUT2D eigenvalue weighted by atomic mass is 10.1. The Hall–Kier alpha value is -3.48. The zero-order valence-electron chi connectivity index (χ0n) is 16.9. The maximum atomic E-state index is 12.6. The number of esters is 1. The summed E-state index contributed by atoms with van der Waals surface area (Å²) in [6.07, 6.45) is -0.935. The van der Waals surface area contributed by atoms with E-state index < -0.39 is 12.1 Å². The Bertz CT molecular complexity index is 1040. The highest BCUT2D eigenvalue weighted by Crippen LogP contribution is 2.27. The predicted molar refractivity (Wildman–Crippen MR) is 109 cm³/mol. The van der Waals surface area contributed by atoms with Crippen molar-refractivity contribution in [3.8, 4) is 11.5 Å². The van der Waals surface area contributed by atoms with Gasteiger partial charge in [0.25, 0.3) is 5.91 Å². The molecule has 7 heteroatoms. The molecule has 0 bridgehead atoms. The highest BCUT2D eigenvalue weighted by Gasteiger charge is 2.23. The van der Waals surface area contributed by atoms with Crippen molar-refractivity contribution in [3.05, 3.63) is 59.3 Å². The topological polar surface area (TPSA) is 89.6 Å². The average molecular weight is 396 g/mol. The number of benzene rings is 2. The predicted octanol–water partition coefficient (Wildman–Crippen LogP) is 3.36. The van der Waals surface area contributed by atoms with Crippen LogP contribution in [-0.2, 0) is 16.1 Å². The van der Waals surface area contributed by atoms with Crippen LogP contribution >= 0.6 is 0 Å². The van der Waals surface area contributed by atoms with E-state index in [1.807, 2.05) is 30.3 Å². The van der Waals surface area contributed by atoms with Gasteiger partial charge in [-0.1, -0.05) is 24.3 Å². The summed E-state index contributed by atoms with van der Waals surface area (Å²) in [6.45, 7) is 3.62. The average Bonchev–Trinajstić information content (AvgIpc) is 3.07. The van der Waals surface area contributed by atoms with Crippen molar-refractivity contribution >= 4 is 22.8 Å². The Morgan fingerprint density at radius 2 is 1.79 bits per heavy atom. The molecular weight excluding hydrogens is 372 g/mol. The molecule has 0 radical (unpaired) electrons. The Labute approximate surface area is 169 Å². The minimum Gasteiger partial charge on any atom is -0.493 e. The van der Waals surface area contributed by atoms with Crippen molar-refractivity contribution in [3.63, 3.8) is 0 Å². The molecule has 1 heterocycles. The van der Waals surface area contributed by atoms with Gasteiger partial charge in [-0.15, -0.1) is 0 Å². The maximum absolute atomic E-state index is 12.6. The number of amides is 1. The van der Waals surface area contributed by atoms with Gasteiger partial charge in [-0.3, -0.25) is 4.79 Å². The number of hydrogen-bond donors (Lipinski definition) is 2. The van der Waals surface area contributed by atoms with E-state index in [1.165, 1.54) is 0 Å². The first-order valence-corrected chi connectivity index (χ1v) is 9.21. The second kappa shape index (κ2) is 8.68. The number of carbonyl (C=O) groups is 2. The number of ether oxygens (including phenoxy) is 3. The Morgan fingerprint density at radius 3 is 2.52 bits per heavy atom. The van der Waals surface area contributed by atoms with Crippen molar-refractivity contribution in [1.82, 2.24) is 10.3 Å². The van der Waals surface area contributed by atoms with Crippen molar-refractivity contribution in [1.29, 1.82) is 0 Å². The van der Waals surface area contributed by atoms with Crippen LogP contribution in [0.2, 0.25) is 0 Å². The monoisotopic (exact) mass is 396 g/mol. The second-order valence-corrected chi connectivity index (χ2v) is 6.63. The van der Waals surface area contributed by atoms with E-state index in [9.17, 15) is 9.59 Å². The number of rotatable bonds is 7. The second-order valence-electron chi connectivity index (χ2n) is 6.63. The van der Waals surface area contributed by atoms with Crippen molar-refractivity contribution < 1.29 is 23.8 Å². The van der Waals surface area contributed by atoms with Gasteiger partial charge in [0.2, 0.25) is 0 Å². The molecule has 0 saturated heterocycles. The van der Waals surface area contributed by atoms with E-state index in [4.69, 9.17) is 14.2 Å². The normalized spacial score (nSPS) is 11.7. The number of aromatic nitrogens is 1. The molecule has 3 aromatic rings. The fourth-order valence-electron chi connectivity index (χ4n) is 3.14. The van der Waals surface area contributed by atoms with E-state index in [1.54, 1.807) is 40.2 Å². The van der Waals surface area contributed by atoms with E-state index in [2.05, 4.69) is 10.3 Å². The number of fused-ring (bicyclic) bond motifs is 1. The van der Waals surface area contributed by atoms with Gasteiger partial charge in [-0.05, 0) is 37.6 Å². The third kappa shape index (κ3) is 4.34. The molecule has 152 valence electrons. The first kappa shape index (κ1) is 20.3. The molecule has 1 amide bonds. The van der Waals surface area contributed by atoms with Crippen LogP contribution in [-0.4, -0.2) is 37.2 Å². The van der Waals surface area contributed by atoms with Gasteiger partial charge in [0.15, 0.2) is 17.6 Å². The minimum absolute atomic E-state index is 0.271. The SMILES string of the molecule is COc1ccc(CNC(=O)C(C)OC(=O)c2c(C)[nH]c3ccccc23)cc1OC. The van der Waals surface area contributed by atoms with Gasteiger partial charge in [0, 0.05) is 23.1 Å². The highest BCUT2D eigenvalue weighted by atomic mass is 16.5. The van der Waals surface area contributed by atoms with Crippen LogP contribution in [0, 0.1) is 6.92 Å². The van der Waals surface area contributed by atoms with Crippen LogP contribution in [0.3, 0.4) is 0 Å². The van der Waals surface area contributed by atoms with E-state index >= 15 is 0 Å². The van der Waals surface area contributed by atoms with Crippen LogP contribution < -0.4 is 14.8 Å². The molecule has 2 aromatic carbocycles. The van der Waals surface area contributed by atoms with E-state index in [0.29, 0.717) is 22.8 Å². The van der Waals surface area contributed by atoms with E-state index in [-0.39, 0.29) is 12.5 Å². The fourth-order valence-corrected chi connectivity index (χ4v) is 3.14. The summed E-state index contributed by atoms with van der Waals surface area (Å²) in [4.78, 5) is 28.2. The molecule has 3 rings (SSSR count). The third-order valence-corrected chi connectivity index (χ3v) is 4.67. The Balaban J connectivity index is 1.63. The number of nitrogens with one attached hydrogen (secondary N) is 2. The lowest BCUT2D eigenvalue weighted by Crippen LogP contribution is -2.35. The number of aromatic amines is 1. The number of hydrogen-bond acceptors (Lipinski definition) is 5. The standard InChI is InChI=1S/C22H24N2O5/c1-13-20(16-7-5-6-8-17(16)24-13)22(26)29-14(2)21(25)23-12-15-9-10-18(27-3)19(11-15)28-4/h5-11,14,24H,12H2,1-4H3,(H,23,25). The van der Waals surface area contributed by atoms with Crippen LogP contribution in [0.4, 0.5) is 0 Å². The summed E-state index contributed by atoms with van der Waals surface area (Å²) >= 11 is 0. The zero-order valence-corrected chi connectivity index (χ0v) is 16.9. The molecule has 0 aliphatic heterocycles. The number of carbonyl (C=O) groups excluding carboxylic acids is 2. The van der Waals surface area contributed by atoms with Crippen molar-refractivity contribution in [2.75, 3.05) is 14.2 Å². The zero-order chi connectivity index (χ0) is 21.0. The summed E-state index contributed by atoms with van der Waals surface area (Å²) in [5.41, 5.74) is 2.83. The first-order valence-electron chi connectivity index (χ1n) is 9.21. The molecule has 0 aliphatic rings. The molecule has 0 saturated carbocycles. The molecule has 0 fully saturated rings. The summed E-state index contributed by atoms with van der Waals surface area (Å²) in [5, 5.41) is 3.54. The summed E-state index contributed by atoms with van der Waals surface area (Å²) in [5.74, 6) is 0.270. The van der Waals surface area contributed by atoms with Crippen LogP contribution in [0.1, 0.15) is 28.5 Å². The van der Waals surface area contributed by atoms with Crippen molar-refractivity contribution in [2.24, 2.45) is 0 Å². The maximum Gasteiger partial charge on any atom is 0.341 e. The first-order chi connectivity index (χ1) is 13.9. The Morgan fingerprint density at radius 1 is 1.07 bits per heavy atom. The molecule has 29 heavy (non-hydrogen) atoms. The molecule has 2 N–H and O–H groups in total. The molecule has 7 nitrogen and oxygen atoms in total. The summed E-state index contributed by atoms with van der Waals surface area (Å²) < 4.78 is 15.9. The number of para-hydroxylation sites is 1. The van der Waals surface area contributed by atoms with Crippen molar-refractivity contribution in [2.45, 2.75) is 26.5 Å². The van der Waals surface area contributed by atoms with Crippen LogP contribution in [0.25, 0.3) is 10.9 Å². The fraction of sp³-hybridized carbons (Fsp3) is 0.273. The molecule has 1 aromatic heterocycles. The number of methoxy groups -OCH3 is 2. The smallest absolute Gasteiger partial charge is 0.341 e. The number of H-pyrrole nitrogens is 1. The molecule has 1 atom stereocenters. The van der Waals surface area contributed by atoms with Crippen LogP contribution in [0.15, 0.2) is 42.5 Å². The highest BCUT2D eigenvalue weighted by molar-refractivity contribution is 6.06. The van der Waals surface area contributed by atoms with Gasteiger partial charge >= 0.3 is 5.97 Å². The Kier molecular flexibility index (Phi) is 6.07. The molecule has 0 spiro atoms. The van der Waals surface area contributed by atoms with Gasteiger partial charge in [0.05, 0.1) is 19.8 Å². The van der Waals surface area contributed by atoms with Gasteiger partial charge in [-0.25, -0.2) is 4.79 Å². The van der Waals surface area contributed by atoms with E-state index in [0.717, 1.165) is 16.5 Å². The van der Waals surface area contributed by atoms with Gasteiger partial charge in [-0.2, -0.15) is 0 Å². The largest absolute Gasteiger partial charge is 0.493 e. The summed E-state index contributed by atoms with van der Waals surface area (Å²) in [6, 6.07) is 12.8.